The quantitative estimate of drug-likeness (QED) is 0.822. The summed E-state index contributed by atoms with van der Waals surface area (Å²) in [4.78, 5) is 19.3. The minimum Gasteiger partial charge on any atom is -0.354 e. The second-order valence-corrected chi connectivity index (χ2v) is 6.55. The third-order valence-electron chi connectivity index (χ3n) is 4.65. The van der Waals surface area contributed by atoms with Gasteiger partial charge in [-0.15, -0.1) is 0 Å². The molecule has 1 saturated heterocycles. The smallest absolute Gasteiger partial charge is 0.241 e. The fourth-order valence-corrected chi connectivity index (χ4v) is 3.28. The first-order valence-electron chi connectivity index (χ1n) is 9.26. The molecule has 1 aliphatic heterocycles. The zero-order chi connectivity index (χ0) is 18.4. The van der Waals surface area contributed by atoms with Gasteiger partial charge in [0.1, 0.15) is 11.9 Å². The molecule has 0 saturated carbocycles. The predicted molar refractivity (Wildman–Crippen MR) is 95.0 cm³/mol. The van der Waals surface area contributed by atoms with Crippen LogP contribution in [0.4, 0.5) is 4.39 Å². The molecule has 0 unspecified atom stereocenters. The van der Waals surface area contributed by atoms with Crippen LogP contribution < -0.4 is 5.32 Å². The minimum atomic E-state index is -0.396. The van der Waals surface area contributed by atoms with E-state index in [1.54, 1.807) is 12.1 Å². The van der Waals surface area contributed by atoms with Crippen LogP contribution in [0.3, 0.4) is 0 Å². The first-order valence-corrected chi connectivity index (χ1v) is 9.26. The highest BCUT2D eigenvalue weighted by molar-refractivity contribution is 5.83. The normalized spacial score (nSPS) is 16.4. The fraction of sp³-hybridized carbons (Fsp3) is 0.526. The lowest BCUT2D eigenvalue weighted by atomic mass is 10.0. The number of nitrogens with one attached hydrogen (secondary N) is 1. The van der Waals surface area contributed by atoms with Crippen LogP contribution in [0.1, 0.15) is 49.5 Å². The Labute approximate surface area is 152 Å². The summed E-state index contributed by atoms with van der Waals surface area (Å²) in [7, 11) is 0. The van der Waals surface area contributed by atoms with Gasteiger partial charge in [0.25, 0.3) is 0 Å². The molecule has 3 rings (SSSR count). The Hall–Kier alpha value is -2.28. The molecular formula is C19H25FN4O2. The van der Waals surface area contributed by atoms with Gasteiger partial charge in [-0.1, -0.05) is 30.6 Å². The maximum Gasteiger partial charge on any atom is 0.241 e. The Morgan fingerprint density at radius 3 is 2.65 bits per heavy atom. The highest BCUT2D eigenvalue weighted by atomic mass is 19.1. The molecule has 2 heterocycles. The first kappa shape index (κ1) is 18.5. The summed E-state index contributed by atoms with van der Waals surface area (Å²) in [5.41, 5.74) is 0.818. The molecule has 1 aliphatic rings. The number of carbonyl (C=O) groups excluding carboxylic acids is 1. The summed E-state index contributed by atoms with van der Waals surface area (Å²) >= 11 is 0. The van der Waals surface area contributed by atoms with Crippen LogP contribution in [0.2, 0.25) is 0 Å². The standard InChI is InChI=1S/C19H25FN4O2/c1-2-17-22-16(23-26-17)10-11-21-19(25)18(24-12-4-3-5-13-24)14-6-8-15(20)9-7-14/h6-9,18H,2-5,10-13H2,1H3,(H,21,25)/t18-/m1/s1. The lowest BCUT2D eigenvalue weighted by molar-refractivity contribution is -0.127. The van der Waals surface area contributed by atoms with E-state index in [0.717, 1.165) is 31.5 Å². The van der Waals surface area contributed by atoms with Gasteiger partial charge in [0, 0.05) is 19.4 Å². The fourth-order valence-electron chi connectivity index (χ4n) is 3.28. The number of likely N-dealkylation sites (tertiary alicyclic amines) is 1. The summed E-state index contributed by atoms with van der Waals surface area (Å²) in [5.74, 6) is 0.829. The van der Waals surface area contributed by atoms with E-state index in [4.69, 9.17) is 4.52 Å². The Morgan fingerprint density at radius 2 is 2.00 bits per heavy atom. The molecule has 140 valence electrons. The largest absolute Gasteiger partial charge is 0.354 e. The zero-order valence-electron chi connectivity index (χ0n) is 15.1. The number of piperidine rings is 1. The van der Waals surface area contributed by atoms with Gasteiger partial charge < -0.3 is 9.84 Å². The van der Waals surface area contributed by atoms with Gasteiger partial charge in [-0.25, -0.2) is 4.39 Å². The summed E-state index contributed by atoms with van der Waals surface area (Å²) < 4.78 is 18.4. The molecule has 26 heavy (non-hydrogen) atoms. The number of halogens is 1. The molecule has 1 N–H and O–H groups in total. The van der Waals surface area contributed by atoms with E-state index >= 15 is 0 Å². The van der Waals surface area contributed by atoms with Gasteiger partial charge in [-0.2, -0.15) is 4.98 Å². The number of hydrogen-bond acceptors (Lipinski definition) is 5. The third kappa shape index (κ3) is 4.66. The van der Waals surface area contributed by atoms with Crippen LogP contribution >= 0.6 is 0 Å². The molecule has 0 bridgehead atoms. The summed E-state index contributed by atoms with van der Waals surface area (Å²) in [5, 5.41) is 6.87. The summed E-state index contributed by atoms with van der Waals surface area (Å²) in [6.45, 7) is 4.14. The molecule has 6 nitrogen and oxygen atoms in total. The number of rotatable bonds is 7. The summed E-state index contributed by atoms with van der Waals surface area (Å²) in [6, 6.07) is 5.81. The molecule has 1 amide bonds. The van der Waals surface area contributed by atoms with Crippen molar-refractivity contribution in [3.05, 3.63) is 47.4 Å². The highest BCUT2D eigenvalue weighted by Gasteiger charge is 2.28. The van der Waals surface area contributed by atoms with Gasteiger partial charge >= 0.3 is 0 Å². The average molecular weight is 360 g/mol. The van der Waals surface area contributed by atoms with Gasteiger partial charge in [0.05, 0.1) is 0 Å². The van der Waals surface area contributed by atoms with Crippen molar-refractivity contribution in [3.63, 3.8) is 0 Å². The Balaban J connectivity index is 1.64. The molecular weight excluding hydrogens is 335 g/mol. The van der Waals surface area contributed by atoms with Crippen molar-refractivity contribution in [1.82, 2.24) is 20.4 Å². The number of nitrogens with zero attached hydrogens (tertiary/aromatic N) is 3. The average Bonchev–Trinajstić information content (AvgIpc) is 3.12. The van der Waals surface area contributed by atoms with Gasteiger partial charge in [0.15, 0.2) is 5.82 Å². The Kier molecular flexibility index (Phi) is 6.33. The number of aryl methyl sites for hydroxylation is 1. The van der Waals surface area contributed by atoms with Gasteiger partial charge in [-0.05, 0) is 43.6 Å². The lowest BCUT2D eigenvalue weighted by Gasteiger charge is -2.33. The minimum absolute atomic E-state index is 0.0716. The zero-order valence-corrected chi connectivity index (χ0v) is 15.1. The van der Waals surface area contributed by atoms with Crippen LogP contribution in [-0.4, -0.2) is 40.6 Å². The van der Waals surface area contributed by atoms with E-state index in [2.05, 4.69) is 20.4 Å². The SMILES string of the molecule is CCc1nc(CCNC(=O)[C@@H](c2ccc(F)cc2)N2CCCCC2)no1. The third-order valence-corrected chi connectivity index (χ3v) is 4.65. The number of carbonyl (C=O) groups is 1. The summed E-state index contributed by atoms with van der Waals surface area (Å²) in [6.07, 6.45) is 4.56. The van der Waals surface area contributed by atoms with Crippen molar-refractivity contribution < 1.29 is 13.7 Å². The number of aromatic nitrogens is 2. The van der Waals surface area contributed by atoms with E-state index in [9.17, 15) is 9.18 Å². The predicted octanol–water partition coefficient (Wildman–Crippen LogP) is 2.66. The molecule has 7 heteroatoms. The van der Waals surface area contributed by atoms with Crippen molar-refractivity contribution in [2.24, 2.45) is 0 Å². The van der Waals surface area contributed by atoms with Crippen molar-refractivity contribution in [2.45, 2.75) is 45.1 Å². The second kappa shape index (κ2) is 8.89. The molecule has 1 aromatic carbocycles. The van der Waals surface area contributed by atoms with Crippen molar-refractivity contribution in [3.8, 4) is 0 Å². The van der Waals surface area contributed by atoms with Crippen molar-refractivity contribution >= 4 is 5.91 Å². The van der Waals surface area contributed by atoms with Crippen molar-refractivity contribution in [1.29, 1.82) is 0 Å². The monoisotopic (exact) mass is 360 g/mol. The topological polar surface area (TPSA) is 71.3 Å². The van der Waals surface area contributed by atoms with Gasteiger partial charge in [0.2, 0.25) is 11.8 Å². The van der Waals surface area contributed by atoms with Gasteiger partial charge in [-0.3, -0.25) is 9.69 Å². The van der Waals surface area contributed by atoms with E-state index in [1.807, 2.05) is 6.92 Å². The molecule has 0 aliphatic carbocycles. The first-order chi connectivity index (χ1) is 12.7. The highest BCUT2D eigenvalue weighted by Crippen LogP contribution is 2.25. The van der Waals surface area contributed by atoms with E-state index in [1.165, 1.54) is 18.6 Å². The Morgan fingerprint density at radius 1 is 1.27 bits per heavy atom. The van der Waals surface area contributed by atoms with E-state index in [-0.39, 0.29) is 11.7 Å². The molecule has 1 fully saturated rings. The Bertz CT molecular complexity index is 711. The van der Waals surface area contributed by atoms with E-state index in [0.29, 0.717) is 31.1 Å². The van der Waals surface area contributed by atoms with Crippen molar-refractivity contribution in [2.75, 3.05) is 19.6 Å². The number of hydrogen-bond donors (Lipinski definition) is 1. The van der Waals surface area contributed by atoms with Crippen LogP contribution in [0.5, 0.6) is 0 Å². The maximum atomic E-state index is 13.3. The molecule has 0 radical (unpaired) electrons. The van der Waals surface area contributed by atoms with Crippen LogP contribution in [0.25, 0.3) is 0 Å². The number of benzene rings is 1. The molecule has 0 spiro atoms. The maximum absolute atomic E-state index is 13.3. The lowest BCUT2D eigenvalue weighted by Crippen LogP contribution is -2.43. The second-order valence-electron chi connectivity index (χ2n) is 6.55. The molecule has 1 atom stereocenters. The molecule has 1 aromatic heterocycles. The molecule has 2 aromatic rings. The van der Waals surface area contributed by atoms with E-state index < -0.39 is 6.04 Å². The van der Waals surface area contributed by atoms with Crippen LogP contribution in [0, 0.1) is 5.82 Å². The van der Waals surface area contributed by atoms with Crippen LogP contribution in [0.15, 0.2) is 28.8 Å². The van der Waals surface area contributed by atoms with Crippen LogP contribution in [-0.2, 0) is 17.6 Å². The number of amides is 1.